The van der Waals surface area contributed by atoms with Crippen LogP contribution < -0.4 is 0 Å². The van der Waals surface area contributed by atoms with Crippen molar-refractivity contribution in [1.82, 2.24) is 9.97 Å². The zero-order valence-electron chi connectivity index (χ0n) is 30.1. The molecule has 4 rings (SSSR count). The third kappa shape index (κ3) is 13.7. The molecule has 2 unspecified atom stereocenters. The van der Waals surface area contributed by atoms with Crippen LogP contribution in [0.5, 0.6) is 11.5 Å². The second kappa shape index (κ2) is 16.1. The van der Waals surface area contributed by atoms with E-state index < -0.39 is 0 Å². The van der Waals surface area contributed by atoms with Gasteiger partial charge in [-0.05, 0) is 131 Å². The monoisotopic (exact) mass is 697 g/mol. The molecule has 2 heterocycles. The summed E-state index contributed by atoms with van der Waals surface area (Å²) in [6, 6.07) is 15.0. The number of phenolic OH excluding ortho intramolecular Hbond substituents is 2. The van der Waals surface area contributed by atoms with Gasteiger partial charge in [0.2, 0.25) is 0 Å². The smallest absolute Gasteiger partial charge is 0.142 e. The van der Waals surface area contributed by atoms with Crippen LogP contribution in [0.15, 0.2) is 60.9 Å². The Balaban J connectivity index is 0.000000320. The predicted molar refractivity (Wildman–Crippen MR) is 185 cm³/mol. The molecule has 0 saturated heterocycles. The third-order valence-electron chi connectivity index (χ3n) is 6.48. The van der Waals surface area contributed by atoms with Gasteiger partial charge in [0.15, 0.2) is 0 Å². The topological polar surface area (TPSA) is 103 Å². The molecule has 0 fully saturated rings. The first-order valence-electron chi connectivity index (χ1n) is 15.9. The van der Waals surface area contributed by atoms with E-state index in [1.807, 2.05) is 119 Å². The average Bonchev–Trinajstić information content (AvgIpc) is 2.91. The minimum Gasteiger partial charge on any atom is -0.506 e. The Labute approximate surface area is 291 Å². The van der Waals surface area contributed by atoms with Gasteiger partial charge in [-0.1, -0.05) is 12.1 Å². The van der Waals surface area contributed by atoms with Gasteiger partial charge in [-0.15, -0.1) is 0 Å². The normalized spacial score (nSPS) is 13.9. The van der Waals surface area contributed by atoms with Gasteiger partial charge in [0.25, 0.3) is 0 Å². The first-order chi connectivity index (χ1) is 21.1. The molecule has 2 aromatic heterocycles. The van der Waals surface area contributed by atoms with Crippen molar-refractivity contribution in [3.8, 4) is 11.5 Å². The molecular formula is C38H54CuN2O6. The Hall–Kier alpha value is -2.78. The fraction of sp³-hybridized carbons (Fsp3) is 0.526. The van der Waals surface area contributed by atoms with Crippen LogP contribution in [0.3, 0.4) is 0 Å². The van der Waals surface area contributed by atoms with Gasteiger partial charge in [-0.3, -0.25) is 9.97 Å². The Morgan fingerprint density at radius 2 is 0.894 bits per heavy atom. The Morgan fingerprint density at radius 1 is 0.553 bits per heavy atom. The molecule has 0 spiro atoms. The summed E-state index contributed by atoms with van der Waals surface area (Å²) in [5, 5.41) is 22.3. The number of rotatable bonds is 8. The molecule has 0 aliphatic carbocycles. The molecule has 0 bridgehead atoms. The van der Waals surface area contributed by atoms with Crippen LogP contribution in [0.2, 0.25) is 0 Å². The summed E-state index contributed by atoms with van der Waals surface area (Å²) in [7, 11) is 0. The average molecular weight is 698 g/mol. The number of hydrogen-bond acceptors (Lipinski definition) is 8. The maximum absolute atomic E-state index is 10.3. The van der Waals surface area contributed by atoms with Crippen molar-refractivity contribution in [1.29, 1.82) is 0 Å². The van der Waals surface area contributed by atoms with E-state index in [1.54, 1.807) is 24.5 Å². The number of phenols is 2. The van der Waals surface area contributed by atoms with Crippen molar-refractivity contribution < 1.29 is 46.2 Å². The van der Waals surface area contributed by atoms with Gasteiger partial charge in [-0.25, -0.2) is 0 Å². The van der Waals surface area contributed by atoms with Crippen LogP contribution in [0.25, 0.3) is 21.8 Å². The first kappa shape index (κ1) is 40.4. The van der Waals surface area contributed by atoms with Crippen LogP contribution >= 0.6 is 0 Å². The van der Waals surface area contributed by atoms with Gasteiger partial charge >= 0.3 is 0 Å². The zero-order chi connectivity index (χ0) is 34.5. The van der Waals surface area contributed by atoms with E-state index in [0.29, 0.717) is 24.2 Å². The van der Waals surface area contributed by atoms with Gasteiger partial charge in [0.1, 0.15) is 34.7 Å². The second-order valence-corrected chi connectivity index (χ2v) is 15.5. The van der Waals surface area contributed by atoms with E-state index in [-0.39, 0.29) is 63.2 Å². The molecule has 8 nitrogen and oxygen atoms in total. The first-order valence-corrected chi connectivity index (χ1v) is 15.9. The number of aromatic nitrogens is 2. The fourth-order valence-electron chi connectivity index (χ4n) is 4.66. The number of benzene rings is 2. The summed E-state index contributed by atoms with van der Waals surface area (Å²) in [6.45, 7) is 25.0. The number of pyridine rings is 2. The molecule has 4 aromatic rings. The van der Waals surface area contributed by atoms with Gasteiger partial charge in [-0.2, -0.15) is 0 Å². The Morgan fingerprint density at radius 3 is 1.19 bits per heavy atom. The molecule has 0 aliphatic rings. The molecule has 2 N–H and O–H groups in total. The number of fused-ring (bicyclic) bond motifs is 2. The molecular weight excluding hydrogens is 644 g/mol. The maximum atomic E-state index is 10.3. The van der Waals surface area contributed by atoms with Crippen molar-refractivity contribution in [2.24, 2.45) is 0 Å². The van der Waals surface area contributed by atoms with E-state index >= 15 is 0 Å². The van der Waals surface area contributed by atoms with Crippen LogP contribution in [-0.4, -0.2) is 55.8 Å². The summed E-state index contributed by atoms with van der Waals surface area (Å²) in [5.41, 5.74) is 1.85. The quantitative estimate of drug-likeness (QED) is 0.176. The minimum atomic E-state index is -0.314. The predicted octanol–water partition coefficient (Wildman–Crippen LogP) is 9.22. The molecule has 263 valence electrons. The largest absolute Gasteiger partial charge is 0.506 e. The summed E-state index contributed by atoms with van der Waals surface area (Å²) < 4.78 is 24.2. The Kier molecular flexibility index (Phi) is 13.8. The SMILES string of the molecule is CC(C)(C)OCC(OC(C)(C)C)c1cc(O)c2ncccc2c1.CC(C)(C)OCC(OC(C)(C)C)c1cc(O)c2ncccc2c1.[Cu]. The van der Waals surface area contributed by atoms with Gasteiger partial charge < -0.3 is 29.2 Å². The van der Waals surface area contributed by atoms with Crippen molar-refractivity contribution in [3.05, 3.63) is 72.1 Å². The van der Waals surface area contributed by atoms with Crippen LogP contribution in [-0.2, 0) is 36.0 Å². The van der Waals surface area contributed by atoms with Gasteiger partial charge in [0.05, 0.1) is 35.6 Å². The van der Waals surface area contributed by atoms with Crippen molar-refractivity contribution in [2.75, 3.05) is 13.2 Å². The summed E-state index contributed by atoms with van der Waals surface area (Å²) >= 11 is 0. The fourth-order valence-corrected chi connectivity index (χ4v) is 4.66. The summed E-state index contributed by atoms with van der Waals surface area (Å²) in [5.74, 6) is 0.327. The van der Waals surface area contributed by atoms with Crippen LogP contribution in [0, 0.1) is 0 Å². The van der Waals surface area contributed by atoms with Gasteiger partial charge in [0, 0.05) is 40.2 Å². The summed E-state index contributed by atoms with van der Waals surface area (Å²) in [4.78, 5) is 8.44. The van der Waals surface area contributed by atoms with Crippen molar-refractivity contribution >= 4 is 21.8 Å². The van der Waals surface area contributed by atoms with E-state index in [4.69, 9.17) is 18.9 Å². The second-order valence-electron chi connectivity index (χ2n) is 15.5. The zero-order valence-corrected chi connectivity index (χ0v) is 31.0. The third-order valence-corrected chi connectivity index (χ3v) is 6.48. The molecule has 9 heteroatoms. The molecule has 2 aromatic carbocycles. The minimum absolute atomic E-state index is 0. The number of ether oxygens (including phenoxy) is 4. The molecule has 0 aliphatic heterocycles. The molecule has 47 heavy (non-hydrogen) atoms. The van der Waals surface area contributed by atoms with E-state index in [9.17, 15) is 10.2 Å². The summed E-state index contributed by atoms with van der Waals surface area (Å²) in [6.07, 6.45) is 2.83. The van der Waals surface area contributed by atoms with Crippen molar-refractivity contribution in [2.45, 2.75) is 118 Å². The molecule has 0 amide bonds. The van der Waals surface area contributed by atoms with Crippen molar-refractivity contribution in [3.63, 3.8) is 0 Å². The molecule has 0 saturated carbocycles. The van der Waals surface area contributed by atoms with E-state index in [2.05, 4.69) is 9.97 Å². The Bertz CT molecular complexity index is 1460. The number of nitrogens with zero attached hydrogens (tertiary/aromatic N) is 2. The number of aromatic hydroxyl groups is 2. The van der Waals surface area contributed by atoms with E-state index in [0.717, 1.165) is 21.9 Å². The number of hydrogen-bond donors (Lipinski definition) is 2. The van der Waals surface area contributed by atoms with E-state index in [1.165, 1.54) is 0 Å². The maximum Gasteiger partial charge on any atom is 0.142 e. The molecule has 1 radical (unpaired) electrons. The van der Waals surface area contributed by atoms with Crippen LogP contribution in [0.4, 0.5) is 0 Å². The van der Waals surface area contributed by atoms with Crippen LogP contribution in [0.1, 0.15) is 106 Å². The molecule has 2 atom stereocenters. The standard InChI is InChI=1S/2C19H27NO3.Cu/c2*1-18(2,3)22-12-16(23-19(4,5)6)14-10-13-8-7-9-20-17(13)15(21)11-14;/h2*7-11,16,21H,12H2,1-6H3;.